The van der Waals surface area contributed by atoms with Gasteiger partial charge in [-0.2, -0.15) is 0 Å². The van der Waals surface area contributed by atoms with Crippen LogP contribution in [0.4, 0.5) is 5.69 Å². The van der Waals surface area contributed by atoms with Crippen molar-refractivity contribution in [3.63, 3.8) is 0 Å². The summed E-state index contributed by atoms with van der Waals surface area (Å²) >= 11 is 3.63. The van der Waals surface area contributed by atoms with Crippen molar-refractivity contribution in [3.8, 4) is 0 Å². The molecule has 0 spiro atoms. The molecule has 1 rings (SSSR count). The Balaban J connectivity index is 3.01. The van der Waals surface area contributed by atoms with Gasteiger partial charge in [-0.15, -0.1) is 0 Å². The maximum absolute atomic E-state index is 9.13. The first kappa shape index (κ1) is 15.5. The third kappa shape index (κ3) is 3.70. The van der Waals surface area contributed by atoms with E-state index < -0.39 is 0 Å². The Bertz CT molecular complexity index is 382. The van der Waals surface area contributed by atoms with Crippen molar-refractivity contribution in [1.29, 1.82) is 0 Å². The molecule has 1 aromatic rings. The Labute approximate surface area is 118 Å². The van der Waals surface area contributed by atoms with E-state index in [-0.39, 0.29) is 6.61 Å². The van der Waals surface area contributed by atoms with Crippen LogP contribution in [0.5, 0.6) is 0 Å². The van der Waals surface area contributed by atoms with Gasteiger partial charge in [0.05, 0.1) is 6.61 Å². The summed E-state index contributed by atoms with van der Waals surface area (Å²) in [6.45, 7) is 7.23. The van der Waals surface area contributed by atoms with Crippen molar-refractivity contribution in [1.82, 2.24) is 5.32 Å². The summed E-state index contributed by atoms with van der Waals surface area (Å²) < 4.78 is 1.10. The van der Waals surface area contributed by atoms with Crippen molar-refractivity contribution in [2.45, 2.75) is 32.9 Å². The van der Waals surface area contributed by atoms with Gasteiger partial charge in [0.25, 0.3) is 0 Å². The zero-order chi connectivity index (χ0) is 13.7. The minimum atomic E-state index is 0.171. The zero-order valence-electron chi connectivity index (χ0n) is 11.6. The quantitative estimate of drug-likeness (QED) is 0.847. The highest BCUT2D eigenvalue weighted by atomic mass is 79.9. The highest BCUT2D eigenvalue weighted by Crippen LogP contribution is 2.28. The lowest BCUT2D eigenvalue weighted by atomic mass is 10.1. The molecule has 0 saturated carbocycles. The molecule has 0 heterocycles. The third-order valence-corrected chi connectivity index (χ3v) is 3.87. The number of halogens is 1. The number of benzene rings is 1. The van der Waals surface area contributed by atoms with E-state index in [1.807, 2.05) is 7.05 Å². The van der Waals surface area contributed by atoms with Gasteiger partial charge < -0.3 is 15.3 Å². The second kappa shape index (κ2) is 7.12. The average Bonchev–Trinajstić information content (AvgIpc) is 2.34. The molecular formula is C14H23BrN2O. The van der Waals surface area contributed by atoms with E-state index in [1.165, 1.54) is 5.56 Å². The van der Waals surface area contributed by atoms with Gasteiger partial charge in [-0.3, -0.25) is 0 Å². The molecule has 0 aliphatic rings. The minimum absolute atomic E-state index is 0.171. The highest BCUT2D eigenvalue weighted by molar-refractivity contribution is 9.10. The SMILES string of the molecule is CNC(C)c1ccc(N(CCO)C(C)C)cc1Br. The molecule has 2 N–H and O–H groups in total. The van der Waals surface area contributed by atoms with Crippen molar-refractivity contribution in [3.05, 3.63) is 28.2 Å². The van der Waals surface area contributed by atoms with E-state index >= 15 is 0 Å². The fourth-order valence-corrected chi connectivity index (χ4v) is 2.70. The normalized spacial score (nSPS) is 12.8. The van der Waals surface area contributed by atoms with Crippen LogP contribution >= 0.6 is 15.9 Å². The number of anilines is 1. The number of aliphatic hydroxyl groups is 1. The van der Waals surface area contributed by atoms with Crippen LogP contribution in [0.15, 0.2) is 22.7 Å². The Kier molecular flexibility index (Phi) is 6.12. The van der Waals surface area contributed by atoms with Crippen molar-refractivity contribution >= 4 is 21.6 Å². The first-order valence-electron chi connectivity index (χ1n) is 6.35. The molecule has 0 saturated heterocycles. The Hall–Kier alpha value is -0.580. The van der Waals surface area contributed by atoms with Gasteiger partial charge in [0.15, 0.2) is 0 Å². The second-order valence-corrected chi connectivity index (χ2v) is 5.58. The largest absolute Gasteiger partial charge is 0.395 e. The topological polar surface area (TPSA) is 35.5 Å². The molecule has 3 nitrogen and oxygen atoms in total. The fourth-order valence-electron chi connectivity index (χ4n) is 1.99. The zero-order valence-corrected chi connectivity index (χ0v) is 13.2. The Morgan fingerprint density at radius 3 is 2.44 bits per heavy atom. The molecule has 1 aromatic carbocycles. The van der Waals surface area contributed by atoms with Crippen molar-refractivity contribution in [2.75, 3.05) is 25.1 Å². The summed E-state index contributed by atoms with van der Waals surface area (Å²) in [6, 6.07) is 7.06. The molecule has 0 amide bonds. The van der Waals surface area contributed by atoms with Crippen molar-refractivity contribution in [2.24, 2.45) is 0 Å². The maximum atomic E-state index is 9.13. The van der Waals surface area contributed by atoms with Gasteiger partial charge in [0.2, 0.25) is 0 Å². The smallest absolute Gasteiger partial charge is 0.0606 e. The van der Waals surface area contributed by atoms with Crippen LogP contribution in [0.1, 0.15) is 32.4 Å². The van der Waals surface area contributed by atoms with Crippen LogP contribution < -0.4 is 10.2 Å². The Morgan fingerprint density at radius 2 is 2.00 bits per heavy atom. The van der Waals surface area contributed by atoms with Gasteiger partial charge in [0.1, 0.15) is 0 Å². The first-order chi connectivity index (χ1) is 8.51. The van der Waals surface area contributed by atoms with E-state index in [0.29, 0.717) is 18.6 Å². The molecule has 0 aromatic heterocycles. The highest BCUT2D eigenvalue weighted by Gasteiger charge is 2.13. The molecular weight excluding hydrogens is 292 g/mol. The van der Waals surface area contributed by atoms with Crippen LogP contribution in [0.3, 0.4) is 0 Å². The number of hydrogen-bond acceptors (Lipinski definition) is 3. The predicted molar refractivity (Wildman–Crippen MR) is 81.2 cm³/mol. The predicted octanol–water partition coefficient (Wildman–Crippen LogP) is 2.94. The lowest BCUT2D eigenvalue weighted by Crippen LogP contribution is -2.33. The molecule has 102 valence electrons. The molecule has 4 heteroatoms. The molecule has 0 radical (unpaired) electrons. The monoisotopic (exact) mass is 314 g/mol. The Morgan fingerprint density at radius 1 is 1.33 bits per heavy atom. The molecule has 0 bridgehead atoms. The van der Waals surface area contributed by atoms with Crippen molar-refractivity contribution < 1.29 is 5.11 Å². The summed E-state index contributed by atoms with van der Waals surface area (Å²) in [7, 11) is 1.96. The number of aliphatic hydroxyl groups excluding tert-OH is 1. The average molecular weight is 315 g/mol. The van der Waals surface area contributed by atoms with E-state index in [2.05, 4.69) is 65.1 Å². The molecule has 0 fully saturated rings. The van der Waals surface area contributed by atoms with Crippen LogP contribution in [-0.2, 0) is 0 Å². The summed E-state index contributed by atoms with van der Waals surface area (Å²) in [5.74, 6) is 0. The maximum Gasteiger partial charge on any atom is 0.0606 e. The van der Waals surface area contributed by atoms with E-state index in [4.69, 9.17) is 5.11 Å². The van der Waals surface area contributed by atoms with E-state index in [0.717, 1.165) is 10.2 Å². The third-order valence-electron chi connectivity index (χ3n) is 3.18. The lowest BCUT2D eigenvalue weighted by molar-refractivity contribution is 0.299. The standard InChI is InChI=1S/C14H23BrN2O/c1-10(2)17(7-8-18)12-5-6-13(11(3)16-4)14(15)9-12/h5-6,9-11,16,18H,7-8H2,1-4H3. The first-order valence-corrected chi connectivity index (χ1v) is 7.14. The lowest BCUT2D eigenvalue weighted by Gasteiger charge is -2.29. The van der Waals surface area contributed by atoms with Gasteiger partial charge >= 0.3 is 0 Å². The second-order valence-electron chi connectivity index (χ2n) is 4.73. The molecule has 1 atom stereocenters. The summed E-state index contributed by atoms with van der Waals surface area (Å²) in [5.41, 5.74) is 2.38. The molecule has 1 unspecified atom stereocenters. The minimum Gasteiger partial charge on any atom is -0.395 e. The van der Waals surface area contributed by atoms with Crippen LogP contribution in [0.2, 0.25) is 0 Å². The van der Waals surface area contributed by atoms with Gasteiger partial charge in [-0.25, -0.2) is 0 Å². The fraction of sp³-hybridized carbons (Fsp3) is 0.571. The van der Waals surface area contributed by atoms with Crippen LogP contribution in [0.25, 0.3) is 0 Å². The number of hydrogen-bond donors (Lipinski definition) is 2. The summed E-state index contributed by atoms with van der Waals surface area (Å²) in [5, 5.41) is 12.4. The molecule has 0 aliphatic heterocycles. The molecule has 18 heavy (non-hydrogen) atoms. The number of rotatable bonds is 6. The van der Waals surface area contributed by atoms with Crippen LogP contribution in [-0.4, -0.2) is 31.3 Å². The summed E-state index contributed by atoms with van der Waals surface area (Å²) in [6.07, 6.45) is 0. The van der Waals surface area contributed by atoms with Gasteiger partial charge in [0, 0.05) is 28.8 Å². The number of nitrogens with one attached hydrogen (secondary N) is 1. The van der Waals surface area contributed by atoms with Gasteiger partial charge in [-0.1, -0.05) is 22.0 Å². The van der Waals surface area contributed by atoms with Crippen LogP contribution in [0, 0.1) is 0 Å². The van der Waals surface area contributed by atoms with E-state index in [1.54, 1.807) is 0 Å². The van der Waals surface area contributed by atoms with E-state index in [9.17, 15) is 0 Å². The molecule has 0 aliphatic carbocycles. The number of nitrogens with zero attached hydrogens (tertiary/aromatic N) is 1. The van der Waals surface area contributed by atoms with Gasteiger partial charge in [-0.05, 0) is 45.5 Å². The summed E-state index contributed by atoms with van der Waals surface area (Å²) in [4.78, 5) is 2.19.